The summed E-state index contributed by atoms with van der Waals surface area (Å²) >= 11 is 0. The van der Waals surface area contributed by atoms with Crippen molar-refractivity contribution in [2.45, 2.75) is 26.5 Å². The quantitative estimate of drug-likeness (QED) is 0.686. The van der Waals surface area contributed by atoms with Gasteiger partial charge in [0, 0.05) is 31.7 Å². The number of piperazine rings is 1. The van der Waals surface area contributed by atoms with E-state index in [1.165, 1.54) is 10.6 Å². The summed E-state index contributed by atoms with van der Waals surface area (Å²) in [4.78, 5) is 14.3. The van der Waals surface area contributed by atoms with Crippen molar-refractivity contribution in [3.05, 3.63) is 35.7 Å². The van der Waals surface area contributed by atoms with Crippen LogP contribution in [0.1, 0.15) is 36.1 Å². The molecule has 1 aromatic carbocycles. The SMILES string of the molecule is CC(C)n1nnnc1COc1ccc(C(=O)N2CCN(S(C)(=O)=O)CC2)cc1. The second-order valence-electron chi connectivity index (χ2n) is 6.90. The predicted molar refractivity (Wildman–Crippen MR) is 101 cm³/mol. The van der Waals surface area contributed by atoms with Crippen molar-refractivity contribution in [1.29, 1.82) is 0 Å². The molecule has 1 fully saturated rings. The van der Waals surface area contributed by atoms with E-state index in [0.29, 0.717) is 43.3 Å². The Hall–Kier alpha value is -2.53. The highest BCUT2D eigenvalue weighted by atomic mass is 32.2. The Morgan fingerprint density at radius 1 is 1.14 bits per heavy atom. The van der Waals surface area contributed by atoms with Crippen molar-refractivity contribution in [1.82, 2.24) is 29.4 Å². The van der Waals surface area contributed by atoms with Gasteiger partial charge < -0.3 is 9.64 Å². The average Bonchev–Trinajstić information content (AvgIpc) is 3.15. The summed E-state index contributed by atoms with van der Waals surface area (Å²) in [6, 6.07) is 6.99. The fourth-order valence-corrected chi connectivity index (χ4v) is 3.78. The lowest BCUT2D eigenvalue weighted by Crippen LogP contribution is -2.50. The minimum absolute atomic E-state index is 0.122. The molecule has 2 heterocycles. The maximum Gasteiger partial charge on any atom is 0.253 e. The molecule has 0 aliphatic carbocycles. The Bertz CT molecular complexity index is 917. The van der Waals surface area contributed by atoms with E-state index >= 15 is 0 Å². The summed E-state index contributed by atoms with van der Waals surface area (Å²) in [6.45, 7) is 5.58. The number of carbonyl (C=O) groups is 1. The number of tetrazole rings is 1. The summed E-state index contributed by atoms with van der Waals surface area (Å²) in [7, 11) is -3.22. The molecule has 0 bridgehead atoms. The summed E-state index contributed by atoms with van der Waals surface area (Å²) in [6.07, 6.45) is 1.18. The molecule has 11 heteroatoms. The molecule has 1 aromatic heterocycles. The zero-order chi connectivity index (χ0) is 20.3. The Kier molecular flexibility index (Phi) is 5.94. The van der Waals surface area contributed by atoms with E-state index in [-0.39, 0.29) is 18.6 Å². The van der Waals surface area contributed by atoms with E-state index in [1.54, 1.807) is 33.8 Å². The van der Waals surface area contributed by atoms with Crippen molar-refractivity contribution in [3.63, 3.8) is 0 Å². The Morgan fingerprint density at radius 3 is 2.36 bits per heavy atom. The number of aromatic nitrogens is 4. The van der Waals surface area contributed by atoms with Crippen LogP contribution in [0.2, 0.25) is 0 Å². The standard InChI is InChI=1S/C17H24N6O4S/c1-13(2)23-16(18-19-20-23)12-27-15-6-4-14(5-7-15)17(24)21-8-10-22(11-9-21)28(3,25)26/h4-7,13H,8-12H2,1-3H3. The lowest BCUT2D eigenvalue weighted by Gasteiger charge is -2.33. The number of nitrogens with zero attached hydrogens (tertiary/aromatic N) is 6. The molecule has 0 atom stereocenters. The van der Waals surface area contributed by atoms with Gasteiger partial charge in [-0.05, 0) is 48.5 Å². The number of amides is 1. The number of sulfonamides is 1. The van der Waals surface area contributed by atoms with E-state index in [9.17, 15) is 13.2 Å². The van der Waals surface area contributed by atoms with Crippen molar-refractivity contribution in [2.75, 3.05) is 32.4 Å². The van der Waals surface area contributed by atoms with Gasteiger partial charge in [0.05, 0.1) is 12.3 Å². The lowest BCUT2D eigenvalue weighted by atomic mass is 10.2. The van der Waals surface area contributed by atoms with Crippen molar-refractivity contribution >= 4 is 15.9 Å². The first-order chi connectivity index (χ1) is 13.3. The predicted octanol–water partition coefficient (Wildman–Crippen LogP) is 0.550. The van der Waals surface area contributed by atoms with E-state index in [1.807, 2.05) is 13.8 Å². The van der Waals surface area contributed by atoms with Gasteiger partial charge in [0.25, 0.3) is 5.91 Å². The fraction of sp³-hybridized carbons (Fsp3) is 0.529. The van der Waals surface area contributed by atoms with Crippen LogP contribution in [0.3, 0.4) is 0 Å². The molecule has 10 nitrogen and oxygen atoms in total. The Labute approximate surface area is 164 Å². The van der Waals surface area contributed by atoms with Crippen LogP contribution < -0.4 is 4.74 Å². The zero-order valence-electron chi connectivity index (χ0n) is 16.1. The van der Waals surface area contributed by atoms with Crippen LogP contribution in [-0.2, 0) is 16.6 Å². The summed E-state index contributed by atoms with van der Waals surface area (Å²) in [5.74, 6) is 1.11. The third-order valence-corrected chi connectivity index (χ3v) is 5.82. The molecule has 1 aliphatic rings. The van der Waals surface area contributed by atoms with E-state index < -0.39 is 10.0 Å². The average molecular weight is 408 g/mol. The third-order valence-electron chi connectivity index (χ3n) is 4.51. The molecule has 1 aliphatic heterocycles. The normalized spacial score (nSPS) is 15.8. The number of hydrogen-bond acceptors (Lipinski definition) is 7. The van der Waals surface area contributed by atoms with Crippen LogP contribution in [0.5, 0.6) is 5.75 Å². The summed E-state index contributed by atoms with van der Waals surface area (Å²) in [5.41, 5.74) is 0.534. The smallest absolute Gasteiger partial charge is 0.253 e. The van der Waals surface area contributed by atoms with Gasteiger partial charge in [-0.3, -0.25) is 4.79 Å². The van der Waals surface area contributed by atoms with Crippen molar-refractivity contribution in [3.8, 4) is 5.75 Å². The summed E-state index contributed by atoms with van der Waals surface area (Å²) < 4.78 is 31.9. The fourth-order valence-electron chi connectivity index (χ4n) is 2.96. The van der Waals surface area contributed by atoms with Gasteiger partial charge in [-0.1, -0.05) is 0 Å². The Balaban J connectivity index is 1.57. The molecule has 0 N–H and O–H groups in total. The molecule has 0 unspecified atom stereocenters. The molecular weight excluding hydrogens is 384 g/mol. The van der Waals surface area contributed by atoms with Crippen LogP contribution in [0.25, 0.3) is 0 Å². The zero-order valence-corrected chi connectivity index (χ0v) is 17.0. The monoisotopic (exact) mass is 408 g/mol. The van der Waals surface area contributed by atoms with Crippen LogP contribution in [0.4, 0.5) is 0 Å². The summed E-state index contributed by atoms with van der Waals surface area (Å²) in [5, 5.41) is 11.5. The molecule has 0 radical (unpaired) electrons. The number of carbonyl (C=O) groups excluding carboxylic acids is 1. The maximum absolute atomic E-state index is 12.6. The highest BCUT2D eigenvalue weighted by Gasteiger charge is 2.26. The van der Waals surface area contributed by atoms with Crippen molar-refractivity contribution < 1.29 is 17.9 Å². The lowest BCUT2D eigenvalue weighted by molar-refractivity contribution is 0.0698. The first-order valence-corrected chi connectivity index (χ1v) is 10.8. The highest BCUT2D eigenvalue weighted by Crippen LogP contribution is 2.17. The number of benzene rings is 1. The van der Waals surface area contributed by atoms with Gasteiger partial charge in [-0.15, -0.1) is 5.10 Å². The molecule has 0 spiro atoms. The molecule has 1 amide bonds. The molecular formula is C17H24N6O4S. The molecule has 28 heavy (non-hydrogen) atoms. The minimum Gasteiger partial charge on any atom is -0.486 e. The van der Waals surface area contributed by atoms with Gasteiger partial charge in [-0.25, -0.2) is 13.1 Å². The number of ether oxygens (including phenoxy) is 1. The topological polar surface area (TPSA) is 111 Å². The van der Waals surface area contributed by atoms with Gasteiger partial charge in [0.1, 0.15) is 12.4 Å². The molecule has 3 rings (SSSR count). The first-order valence-electron chi connectivity index (χ1n) is 8.99. The minimum atomic E-state index is -3.22. The van der Waals surface area contributed by atoms with Crippen molar-refractivity contribution in [2.24, 2.45) is 0 Å². The van der Waals surface area contributed by atoms with Gasteiger partial charge in [-0.2, -0.15) is 4.31 Å². The number of rotatable bonds is 6. The third kappa shape index (κ3) is 4.65. The second-order valence-corrected chi connectivity index (χ2v) is 8.88. The van der Waals surface area contributed by atoms with E-state index in [0.717, 1.165) is 0 Å². The van der Waals surface area contributed by atoms with Crippen LogP contribution >= 0.6 is 0 Å². The first kappa shape index (κ1) is 20.2. The van der Waals surface area contributed by atoms with Crippen LogP contribution in [-0.4, -0.2) is 76.2 Å². The number of hydrogen-bond donors (Lipinski definition) is 0. The van der Waals surface area contributed by atoms with Crippen LogP contribution in [0, 0.1) is 0 Å². The van der Waals surface area contributed by atoms with Gasteiger partial charge in [0.2, 0.25) is 10.0 Å². The largest absolute Gasteiger partial charge is 0.486 e. The molecule has 1 saturated heterocycles. The molecule has 152 valence electrons. The maximum atomic E-state index is 12.6. The molecule has 0 saturated carbocycles. The van der Waals surface area contributed by atoms with Crippen LogP contribution in [0.15, 0.2) is 24.3 Å². The Morgan fingerprint density at radius 2 is 1.79 bits per heavy atom. The van der Waals surface area contributed by atoms with E-state index in [4.69, 9.17) is 4.74 Å². The van der Waals surface area contributed by atoms with Gasteiger partial charge >= 0.3 is 0 Å². The van der Waals surface area contributed by atoms with Gasteiger partial charge in [0.15, 0.2) is 5.82 Å². The van der Waals surface area contributed by atoms with E-state index in [2.05, 4.69) is 15.5 Å². The molecule has 2 aromatic rings. The second kappa shape index (κ2) is 8.23. The highest BCUT2D eigenvalue weighted by molar-refractivity contribution is 7.88.